The summed E-state index contributed by atoms with van der Waals surface area (Å²) in [6.07, 6.45) is 2.62. The van der Waals surface area contributed by atoms with Crippen LogP contribution in [0.3, 0.4) is 0 Å². The predicted octanol–water partition coefficient (Wildman–Crippen LogP) is 0.830. The van der Waals surface area contributed by atoms with Gasteiger partial charge in [-0.2, -0.15) is 0 Å². The minimum Gasteiger partial charge on any atom is -0.464 e. The Hall–Kier alpha value is -0.900. The molecular formula is C10H14O4. The minimum atomic E-state index is -0.937. The standard InChI is InChI=1S/C10H14O4/c1-2-13-9(12)7-8(11)10(14-7)5-3-4-6-10/h7H,2-6H2,1H3/t7-/m1/s1. The van der Waals surface area contributed by atoms with Crippen molar-refractivity contribution >= 4 is 11.8 Å². The average Bonchev–Trinajstić information content (AvgIpc) is 2.65. The van der Waals surface area contributed by atoms with Gasteiger partial charge in [0.15, 0.2) is 0 Å². The highest BCUT2D eigenvalue weighted by molar-refractivity contribution is 6.10. The lowest BCUT2D eigenvalue weighted by molar-refractivity contribution is -0.211. The molecule has 1 saturated carbocycles. The zero-order valence-corrected chi connectivity index (χ0v) is 8.25. The van der Waals surface area contributed by atoms with Crippen molar-refractivity contribution < 1.29 is 19.1 Å². The van der Waals surface area contributed by atoms with E-state index in [1.807, 2.05) is 0 Å². The van der Waals surface area contributed by atoms with Crippen LogP contribution in [0.25, 0.3) is 0 Å². The van der Waals surface area contributed by atoms with Crippen molar-refractivity contribution in [3.63, 3.8) is 0 Å². The number of carbonyl (C=O) groups excluding carboxylic acids is 2. The van der Waals surface area contributed by atoms with Gasteiger partial charge in [0, 0.05) is 0 Å². The summed E-state index contributed by atoms with van der Waals surface area (Å²) in [5, 5.41) is 0. The number of carbonyl (C=O) groups is 2. The quantitative estimate of drug-likeness (QED) is 0.487. The van der Waals surface area contributed by atoms with Crippen LogP contribution in [0.4, 0.5) is 0 Å². The highest BCUT2D eigenvalue weighted by Crippen LogP contribution is 2.43. The van der Waals surface area contributed by atoms with Gasteiger partial charge in [0.25, 0.3) is 0 Å². The van der Waals surface area contributed by atoms with Crippen molar-refractivity contribution in [3.05, 3.63) is 0 Å². The molecule has 1 aliphatic heterocycles. The first kappa shape index (κ1) is 9.65. The second-order valence-electron chi connectivity index (χ2n) is 3.82. The van der Waals surface area contributed by atoms with Gasteiger partial charge in [0.05, 0.1) is 6.61 Å². The van der Waals surface area contributed by atoms with Gasteiger partial charge in [0.1, 0.15) is 5.60 Å². The molecule has 2 aliphatic rings. The van der Waals surface area contributed by atoms with E-state index in [0.29, 0.717) is 6.61 Å². The van der Waals surface area contributed by atoms with Crippen LogP contribution in [0, 0.1) is 0 Å². The molecule has 2 fully saturated rings. The fourth-order valence-electron chi connectivity index (χ4n) is 2.20. The molecule has 0 radical (unpaired) electrons. The maximum absolute atomic E-state index is 11.7. The molecule has 0 aromatic heterocycles. The fraction of sp³-hybridized carbons (Fsp3) is 0.800. The van der Waals surface area contributed by atoms with Crippen molar-refractivity contribution in [2.24, 2.45) is 0 Å². The van der Waals surface area contributed by atoms with Crippen LogP contribution in [0.2, 0.25) is 0 Å². The zero-order chi connectivity index (χ0) is 10.2. The Morgan fingerprint density at radius 1 is 1.57 bits per heavy atom. The molecular weight excluding hydrogens is 184 g/mol. The normalized spacial score (nSPS) is 28.9. The lowest BCUT2D eigenvalue weighted by Crippen LogP contribution is -2.62. The highest BCUT2D eigenvalue weighted by Gasteiger charge is 2.59. The Balaban J connectivity index is 1.96. The van der Waals surface area contributed by atoms with Gasteiger partial charge in [-0.3, -0.25) is 4.79 Å². The summed E-state index contributed by atoms with van der Waals surface area (Å²) in [4.78, 5) is 22.9. The Labute approximate surface area is 82.6 Å². The summed E-state index contributed by atoms with van der Waals surface area (Å²) in [6, 6.07) is 0. The molecule has 0 aromatic rings. The molecule has 0 bridgehead atoms. The number of ketones is 1. The van der Waals surface area contributed by atoms with Gasteiger partial charge in [-0.05, 0) is 32.6 Å². The predicted molar refractivity (Wildman–Crippen MR) is 47.7 cm³/mol. The Morgan fingerprint density at radius 2 is 2.21 bits per heavy atom. The maximum Gasteiger partial charge on any atom is 0.343 e. The fourth-order valence-corrected chi connectivity index (χ4v) is 2.20. The van der Waals surface area contributed by atoms with Crippen LogP contribution >= 0.6 is 0 Å². The van der Waals surface area contributed by atoms with E-state index in [4.69, 9.17) is 9.47 Å². The summed E-state index contributed by atoms with van der Waals surface area (Å²) in [7, 11) is 0. The lowest BCUT2D eigenvalue weighted by Gasteiger charge is -2.41. The van der Waals surface area contributed by atoms with Gasteiger partial charge >= 0.3 is 5.97 Å². The van der Waals surface area contributed by atoms with Crippen LogP contribution in [-0.4, -0.2) is 30.1 Å². The second-order valence-corrected chi connectivity index (χ2v) is 3.82. The maximum atomic E-state index is 11.7. The molecule has 1 saturated heterocycles. The van der Waals surface area contributed by atoms with Crippen LogP contribution in [0.15, 0.2) is 0 Å². The monoisotopic (exact) mass is 198 g/mol. The smallest absolute Gasteiger partial charge is 0.343 e. The van der Waals surface area contributed by atoms with Crippen molar-refractivity contribution in [1.82, 2.24) is 0 Å². The molecule has 1 aliphatic carbocycles. The van der Waals surface area contributed by atoms with E-state index in [1.54, 1.807) is 6.92 Å². The van der Waals surface area contributed by atoms with Gasteiger partial charge in [-0.25, -0.2) is 4.79 Å². The van der Waals surface area contributed by atoms with Crippen molar-refractivity contribution in [2.45, 2.75) is 44.3 Å². The number of rotatable bonds is 2. The molecule has 1 spiro atoms. The molecule has 1 atom stereocenters. The van der Waals surface area contributed by atoms with Gasteiger partial charge in [-0.1, -0.05) is 0 Å². The van der Waals surface area contributed by atoms with E-state index in [-0.39, 0.29) is 5.78 Å². The summed E-state index contributed by atoms with van der Waals surface area (Å²) in [5.74, 6) is -0.608. The lowest BCUT2D eigenvalue weighted by atomic mass is 9.86. The number of ether oxygens (including phenoxy) is 2. The third kappa shape index (κ3) is 1.25. The molecule has 0 unspecified atom stereocenters. The molecule has 0 N–H and O–H groups in total. The van der Waals surface area contributed by atoms with Gasteiger partial charge in [-0.15, -0.1) is 0 Å². The number of Topliss-reactive ketones (excluding diaryl/α,β-unsaturated/α-hetero) is 1. The molecule has 78 valence electrons. The van der Waals surface area contributed by atoms with E-state index >= 15 is 0 Å². The van der Waals surface area contributed by atoms with E-state index in [9.17, 15) is 9.59 Å². The molecule has 14 heavy (non-hydrogen) atoms. The molecule has 0 aromatic carbocycles. The van der Waals surface area contributed by atoms with Crippen LogP contribution in [-0.2, 0) is 19.1 Å². The number of esters is 1. The van der Waals surface area contributed by atoms with Crippen molar-refractivity contribution in [3.8, 4) is 0 Å². The Bertz CT molecular complexity index is 265. The van der Waals surface area contributed by atoms with Gasteiger partial charge in [0.2, 0.25) is 11.9 Å². The van der Waals surface area contributed by atoms with Crippen molar-refractivity contribution in [1.29, 1.82) is 0 Å². The highest BCUT2D eigenvalue weighted by atomic mass is 16.6. The largest absolute Gasteiger partial charge is 0.464 e. The third-order valence-electron chi connectivity index (χ3n) is 2.94. The van der Waals surface area contributed by atoms with E-state index in [0.717, 1.165) is 25.7 Å². The van der Waals surface area contributed by atoms with E-state index in [2.05, 4.69) is 0 Å². The molecule has 4 heteroatoms. The molecule has 0 amide bonds. The minimum absolute atomic E-state index is 0.0755. The third-order valence-corrected chi connectivity index (χ3v) is 2.94. The summed E-state index contributed by atoms with van der Waals surface area (Å²) in [5.41, 5.74) is -0.614. The van der Waals surface area contributed by atoms with Crippen molar-refractivity contribution in [2.75, 3.05) is 6.61 Å². The van der Waals surface area contributed by atoms with E-state index in [1.165, 1.54) is 0 Å². The average molecular weight is 198 g/mol. The van der Waals surface area contributed by atoms with E-state index < -0.39 is 17.7 Å². The summed E-state index contributed by atoms with van der Waals surface area (Å²) in [6.45, 7) is 2.01. The number of hydrogen-bond donors (Lipinski definition) is 0. The SMILES string of the molecule is CCOC(=O)[C@@H]1OC2(CCCC2)C1=O. The zero-order valence-electron chi connectivity index (χ0n) is 8.25. The molecule has 1 heterocycles. The first-order valence-corrected chi connectivity index (χ1v) is 5.08. The number of hydrogen-bond acceptors (Lipinski definition) is 4. The summed E-state index contributed by atoms with van der Waals surface area (Å²) >= 11 is 0. The molecule has 4 nitrogen and oxygen atoms in total. The second kappa shape index (κ2) is 3.35. The van der Waals surface area contributed by atoms with Crippen LogP contribution in [0.1, 0.15) is 32.6 Å². The topological polar surface area (TPSA) is 52.6 Å². The van der Waals surface area contributed by atoms with Crippen LogP contribution < -0.4 is 0 Å². The summed E-state index contributed by atoms with van der Waals surface area (Å²) < 4.78 is 10.1. The Morgan fingerprint density at radius 3 is 2.71 bits per heavy atom. The van der Waals surface area contributed by atoms with Gasteiger partial charge < -0.3 is 9.47 Å². The Kier molecular flexibility index (Phi) is 2.31. The first-order chi connectivity index (χ1) is 6.69. The first-order valence-electron chi connectivity index (χ1n) is 5.08. The molecule has 2 rings (SSSR count). The van der Waals surface area contributed by atoms with Crippen LogP contribution in [0.5, 0.6) is 0 Å².